The van der Waals surface area contributed by atoms with E-state index < -0.39 is 5.60 Å². The number of aliphatic hydroxyl groups is 1. The fraction of sp³-hybridized carbons (Fsp3) is 0.500. The maximum Gasteiger partial charge on any atom is 0.144 e. The Morgan fingerprint density at radius 3 is 2.75 bits per heavy atom. The summed E-state index contributed by atoms with van der Waals surface area (Å²) in [6.45, 7) is 4.05. The van der Waals surface area contributed by atoms with Gasteiger partial charge >= 0.3 is 0 Å². The molecular weight excluding hydrogens is 209 g/mol. The lowest BCUT2D eigenvalue weighted by atomic mass is 10.0. The van der Waals surface area contributed by atoms with Gasteiger partial charge in [0.05, 0.1) is 18.4 Å². The summed E-state index contributed by atoms with van der Waals surface area (Å²) in [7, 11) is 1.48. The van der Waals surface area contributed by atoms with E-state index in [2.05, 4.69) is 5.32 Å². The molecular formula is C12H18FNO2. The molecule has 0 saturated heterocycles. The Morgan fingerprint density at radius 1 is 1.50 bits per heavy atom. The summed E-state index contributed by atoms with van der Waals surface area (Å²) >= 11 is 0. The third-order valence-electron chi connectivity index (χ3n) is 2.58. The molecule has 0 fully saturated rings. The molecule has 16 heavy (non-hydrogen) atoms. The number of hydrogen-bond acceptors (Lipinski definition) is 3. The maximum atomic E-state index is 12.9. The van der Waals surface area contributed by atoms with Crippen LogP contribution in [-0.2, 0) is 0 Å². The van der Waals surface area contributed by atoms with Crippen molar-refractivity contribution in [3.8, 4) is 5.75 Å². The van der Waals surface area contributed by atoms with Crippen molar-refractivity contribution in [2.45, 2.75) is 25.9 Å². The van der Waals surface area contributed by atoms with Crippen LogP contribution in [0.25, 0.3) is 0 Å². The number of rotatable bonds is 5. The molecule has 0 bridgehead atoms. The van der Waals surface area contributed by atoms with Crippen LogP contribution in [0.15, 0.2) is 18.2 Å². The van der Waals surface area contributed by atoms with Crippen molar-refractivity contribution in [1.82, 2.24) is 0 Å². The minimum absolute atomic E-state index is 0.343. The average molecular weight is 227 g/mol. The van der Waals surface area contributed by atoms with Gasteiger partial charge in [-0.15, -0.1) is 0 Å². The van der Waals surface area contributed by atoms with Gasteiger partial charge in [0.2, 0.25) is 0 Å². The SMILES string of the molecule is CCC(C)(O)CNc1ccc(F)cc1OC. The first kappa shape index (κ1) is 12.8. The average Bonchev–Trinajstić information content (AvgIpc) is 2.27. The molecule has 0 radical (unpaired) electrons. The molecule has 1 aromatic carbocycles. The molecule has 0 spiro atoms. The molecule has 0 aliphatic carbocycles. The van der Waals surface area contributed by atoms with Crippen molar-refractivity contribution in [2.24, 2.45) is 0 Å². The molecule has 0 aliphatic heterocycles. The second-order valence-corrected chi connectivity index (χ2v) is 4.05. The van der Waals surface area contributed by atoms with E-state index in [0.717, 1.165) is 0 Å². The van der Waals surface area contributed by atoms with E-state index in [9.17, 15) is 9.50 Å². The Bertz CT molecular complexity index is 353. The lowest BCUT2D eigenvalue weighted by Crippen LogP contribution is -2.32. The Balaban J connectivity index is 2.74. The Morgan fingerprint density at radius 2 is 2.19 bits per heavy atom. The molecule has 2 N–H and O–H groups in total. The van der Waals surface area contributed by atoms with Gasteiger partial charge in [0.1, 0.15) is 11.6 Å². The van der Waals surface area contributed by atoms with Gasteiger partial charge in [0.15, 0.2) is 0 Å². The van der Waals surface area contributed by atoms with E-state index in [1.54, 1.807) is 13.0 Å². The van der Waals surface area contributed by atoms with Crippen LogP contribution in [0.1, 0.15) is 20.3 Å². The number of halogens is 1. The summed E-state index contributed by atoms with van der Waals surface area (Å²) < 4.78 is 18.0. The fourth-order valence-corrected chi connectivity index (χ4v) is 1.22. The Hall–Kier alpha value is -1.29. The highest BCUT2D eigenvalue weighted by Crippen LogP contribution is 2.25. The van der Waals surface area contributed by atoms with Crippen LogP contribution in [0.5, 0.6) is 5.75 Å². The van der Waals surface area contributed by atoms with Crippen LogP contribution >= 0.6 is 0 Å². The summed E-state index contributed by atoms with van der Waals surface area (Å²) in [6, 6.07) is 4.26. The van der Waals surface area contributed by atoms with Gasteiger partial charge in [-0.25, -0.2) is 4.39 Å². The number of anilines is 1. The van der Waals surface area contributed by atoms with Crippen molar-refractivity contribution in [3.05, 3.63) is 24.0 Å². The lowest BCUT2D eigenvalue weighted by molar-refractivity contribution is 0.0697. The minimum atomic E-state index is -0.778. The second kappa shape index (κ2) is 5.16. The monoisotopic (exact) mass is 227 g/mol. The Kier molecular flexibility index (Phi) is 4.12. The topological polar surface area (TPSA) is 41.5 Å². The van der Waals surface area contributed by atoms with Crippen LogP contribution in [0.3, 0.4) is 0 Å². The van der Waals surface area contributed by atoms with E-state index in [0.29, 0.717) is 24.4 Å². The minimum Gasteiger partial charge on any atom is -0.494 e. The summed E-state index contributed by atoms with van der Waals surface area (Å²) in [5.41, 5.74) is -0.100. The van der Waals surface area contributed by atoms with E-state index in [1.165, 1.54) is 19.2 Å². The van der Waals surface area contributed by atoms with Crippen molar-refractivity contribution in [2.75, 3.05) is 19.0 Å². The van der Waals surface area contributed by atoms with E-state index in [1.807, 2.05) is 6.92 Å². The zero-order chi connectivity index (χ0) is 12.2. The molecule has 0 amide bonds. The molecule has 0 saturated carbocycles. The summed E-state index contributed by atoms with van der Waals surface area (Å²) in [5, 5.41) is 12.9. The standard InChI is InChI=1S/C12H18FNO2/c1-4-12(2,15)8-14-10-6-5-9(13)7-11(10)16-3/h5-7,14-15H,4,8H2,1-3H3. The smallest absolute Gasteiger partial charge is 0.144 e. The molecule has 1 aromatic rings. The Labute approximate surface area is 95.2 Å². The van der Waals surface area contributed by atoms with Crippen LogP contribution in [0, 0.1) is 5.82 Å². The van der Waals surface area contributed by atoms with E-state index in [-0.39, 0.29) is 5.82 Å². The maximum absolute atomic E-state index is 12.9. The molecule has 1 atom stereocenters. The number of hydrogen-bond donors (Lipinski definition) is 2. The first-order valence-corrected chi connectivity index (χ1v) is 5.28. The van der Waals surface area contributed by atoms with Crippen LogP contribution < -0.4 is 10.1 Å². The van der Waals surface area contributed by atoms with Gasteiger partial charge in [0, 0.05) is 12.6 Å². The van der Waals surface area contributed by atoms with Gasteiger partial charge in [-0.05, 0) is 25.5 Å². The van der Waals surface area contributed by atoms with Crippen molar-refractivity contribution in [3.63, 3.8) is 0 Å². The normalized spacial score (nSPS) is 14.3. The number of benzene rings is 1. The van der Waals surface area contributed by atoms with E-state index in [4.69, 9.17) is 4.74 Å². The van der Waals surface area contributed by atoms with Gasteiger partial charge in [-0.1, -0.05) is 6.92 Å². The third kappa shape index (κ3) is 3.38. The predicted molar refractivity (Wildman–Crippen MR) is 62.4 cm³/mol. The molecule has 0 aromatic heterocycles. The van der Waals surface area contributed by atoms with Crippen LogP contribution in [0.4, 0.5) is 10.1 Å². The van der Waals surface area contributed by atoms with Gasteiger partial charge in [0.25, 0.3) is 0 Å². The van der Waals surface area contributed by atoms with Crippen LogP contribution in [0.2, 0.25) is 0 Å². The lowest BCUT2D eigenvalue weighted by Gasteiger charge is -2.23. The van der Waals surface area contributed by atoms with Gasteiger partial charge in [-0.3, -0.25) is 0 Å². The second-order valence-electron chi connectivity index (χ2n) is 4.05. The van der Waals surface area contributed by atoms with Crippen molar-refractivity contribution >= 4 is 5.69 Å². The molecule has 1 rings (SSSR count). The first-order valence-electron chi connectivity index (χ1n) is 5.28. The van der Waals surface area contributed by atoms with Gasteiger partial charge in [-0.2, -0.15) is 0 Å². The zero-order valence-electron chi connectivity index (χ0n) is 9.88. The summed E-state index contributed by atoms with van der Waals surface area (Å²) in [5.74, 6) is 0.0940. The summed E-state index contributed by atoms with van der Waals surface area (Å²) in [4.78, 5) is 0. The fourth-order valence-electron chi connectivity index (χ4n) is 1.22. The van der Waals surface area contributed by atoms with Gasteiger partial charge < -0.3 is 15.2 Å². The highest BCUT2D eigenvalue weighted by molar-refractivity contribution is 5.56. The zero-order valence-corrected chi connectivity index (χ0v) is 9.88. The third-order valence-corrected chi connectivity index (χ3v) is 2.58. The van der Waals surface area contributed by atoms with E-state index >= 15 is 0 Å². The summed E-state index contributed by atoms with van der Waals surface area (Å²) in [6.07, 6.45) is 0.642. The van der Waals surface area contributed by atoms with Crippen LogP contribution in [-0.4, -0.2) is 24.4 Å². The largest absolute Gasteiger partial charge is 0.494 e. The number of ether oxygens (including phenoxy) is 1. The highest BCUT2D eigenvalue weighted by Gasteiger charge is 2.17. The number of methoxy groups -OCH3 is 1. The molecule has 90 valence electrons. The molecule has 1 unspecified atom stereocenters. The van der Waals surface area contributed by atoms with Crippen molar-refractivity contribution < 1.29 is 14.2 Å². The number of nitrogens with one attached hydrogen (secondary N) is 1. The molecule has 0 aliphatic rings. The van der Waals surface area contributed by atoms with Crippen molar-refractivity contribution in [1.29, 1.82) is 0 Å². The highest BCUT2D eigenvalue weighted by atomic mass is 19.1. The molecule has 0 heterocycles. The molecule has 4 heteroatoms. The molecule has 3 nitrogen and oxygen atoms in total. The predicted octanol–water partition coefficient (Wildman–Crippen LogP) is 2.41. The quantitative estimate of drug-likeness (QED) is 0.811. The first-order chi connectivity index (χ1) is 7.48.